The van der Waals surface area contributed by atoms with Crippen molar-refractivity contribution in [1.82, 2.24) is 15.3 Å². The number of rotatable bonds is 5. The summed E-state index contributed by atoms with van der Waals surface area (Å²) in [5, 5.41) is 5.48. The lowest BCUT2D eigenvalue weighted by Crippen LogP contribution is -2.30. The molecule has 0 saturated carbocycles. The van der Waals surface area contributed by atoms with Gasteiger partial charge in [-0.25, -0.2) is 4.98 Å². The highest BCUT2D eigenvalue weighted by atomic mass is 16.5. The predicted octanol–water partition coefficient (Wildman–Crippen LogP) is 0.263. The molecule has 0 aliphatic rings. The standard InChI is InChI=1S/C12H16N4O2/c1-5-6-13-10(17)7-14-11-8(2)12(18-4)16-9(3)15-11/h1H,6-7H2,2-4H3,(H,13,17)(H,14,15,16). The molecule has 0 radical (unpaired) electrons. The van der Waals surface area contributed by atoms with Crippen LogP contribution in [0.25, 0.3) is 0 Å². The fourth-order valence-electron chi connectivity index (χ4n) is 1.35. The highest BCUT2D eigenvalue weighted by Crippen LogP contribution is 2.20. The number of hydrogen-bond acceptors (Lipinski definition) is 5. The molecule has 0 bridgehead atoms. The fraction of sp³-hybridized carbons (Fsp3) is 0.417. The molecule has 6 nitrogen and oxygen atoms in total. The van der Waals surface area contributed by atoms with E-state index in [1.165, 1.54) is 7.11 Å². The van der Waals surface area contributed by atoms with Crippen molar-refractivity contribution < 1.29 is 9.53 Å². The molecule has 0 unspecified atom stereocenters. The van der Waals surface area contributed by atoms with Gasteiger partial charge in [-0.1, -0.05) is 5.92 Å². The van der Waals surface area contributed by atoms with Gasteiger partial charge in [-0.2, -0.15) is 4.98 Å². The molecule has 1 heterocycles. The Morgan fingerprint density at radius 3 is 2.78 bits per heavy atom. The third-order valence-electron chi connectivity index (χ3n) is 2.21. The van der Waals surface area contributed by atoms with E-state index in [1.54, 1.807) is 6.92 Å². The molecule has 6 heteroatoms. The van der Waals surface area contributed by atoms with Crippen molar-refractivity contribution in [2.75, 3.05) is 25.5 Å². The number of terminal acetylenes is 1. The van der Waals surface area contributed by atoms with Crippen molar-refractivity contribution in [1.29, 1.82) is 0 Å². The van der Waals surface area contributed by atoms with Crippen LogP contribution in [-0.4, -0.2) is 36.1 Å². The number of carbonyl (C=O) groups excluding carboxylic acids is 1. The zero-order chi connectivity index (χ0) is 13.5. The first-order valence-corrected chi connectivity index (χ1v) is 5.41. The average Bonchev–Trinajstić information content (AvgIpc) is 2.36. The molecule has 18 heavy (non-hydrogen) atoms. The molecule has 0 aromatic carbocycles. The van der Waals surface area contributed by atoms with Crippen molar-refractivity contribution in [2.24, 2.45) is 0 Å². The van der Waals surface area contributed by atoms with E-state index in [4.69, 9.17) is 11.2 Å². The van der Waals surface area contributed by atoms with E-state index in [1.807, 2.05) is 6.92 Å². The highest BCUT2D eigenvalue weighted by molar-refractivity contribution is 5.80. The third kappa shape index (κ3) is 3.63. The van der Waals surface area contributed by atoms with Gasteiger partial charge in [0.1, 0.15) is 11.6 Å². The largest absolute Gasteiger partial charge is 0.481 e. The van der Waals surface area contributed by atoms with Crippen molar-refractivity contribution in [3.63, 3.8) is 0 Å². The summed E-state index contributed by atoms with van der Waals surface area (Å²) in [7, 11) is 1.54. The Hall–Kier alpha value is -2.29. The van der Waals surface area contributed by atoms with Gasteiger partial charge in [-0.15, -0.1) is 6.42 Å². The zero-order valence-electron chi connectivity index (χ0n) is 10.7. The van der Waals surface area contributed by atoms with E-state index in [0.29, 0.717) is 17.5 Å². The van der Waals surface area contributed by atoms with Crippen LogP contribution in [0.5, 0.6) is 5.88 Å². The quantitative estimate of drug-likeness (QED) is 0.731. The van der Waals surface area contributed by atoms with Crippen LogP contribution >= 0.6 is 0 Å². The predicted molar refractivity (Wildman–Crippen MR) is 68.4 cm³/mol. The molecule has 1 rings (SSSR count). The second-order valence-electron chi connectivity index (χ2n) is 3.59. The lowest BCUT2D eigenvalue weighted by atomic mass is 10.3. The summed E-state index contributed by atoms with van der Waals surface area (Å²) >= 11 is 0. The van der Waals surface area contributed by atoms with Crippen LogP contribution in [0.4, 0.5) is 5.82 Å². The molecule has 0 atom stereocenters. The molecule has 1 aromatic heterocycles. The van der Waals surface area contributed by atoms with Crippen molar-refractivity contribution >= 4 is 11.7 Å². The highest BCUT2D eigenvalue weighted by Gasteiger charge is 2.10. The van der Waals surface area contributed by atoms with Crippen LogP contribution in [0.15, 0.2) is 0 Å². The Balaban J connectivity index is 2.70. The van der Waals surface area contributed by atoms with Crippen LogP contribution in [0, 0.1) is 26.2 Å². The second kappa shape index (κ2) is 6.45. The second-order valence-corrected chi connectivity index (χ2v) is 3.59. The summed E-state index contributed by atoms with van der Waals surface area (Å²) in [6.07, 6.45) is 5.04. The Labute approximate surface area is 106 Å². The van der Waals surface area contributed by atoms with Gasteiger partial charge in [0, 0.05) is 0 Å². The average molecular weight is 248 g/mol. The van der Waals surface area contributed by atoms with Crippen LogP contribution in [0.2, 0.25) is 0 Å². The third-order valence-corrected chi connectivity index (χ3v) is 2.21. The fourth-order valence-corrected chi connectivity index (χ4v) is 1.35. The number of aromatic nitrogens is 2. The Bertz CT molecular complexity index is 480. The summed E-state index contributed by atoms with van der Waals surface area (Å²) in [5.41, 5.74) is 0.757. The van der Waals surface area contributed by atoms with Gasteiger partial charge in [0.15, 0.2) is 0 Å². The summed E-state index contributed by atoms with van der Waals surface area (Å²) in [4.78, 5) is 19.7. The molecular formula is C12H16N4O2. The number of nitrogens with one attached hydrogen (secondary N) is 2. The van der Waals surface area contributed by atoms with Crippen LogP contribution < -0.4 is 15.4 Å². The maximum atomic E-state index is 11.4. The maximum absolute atomic E-state index is 11.4. The van der Waals surface area contributed by atoms with Crippen molar-refractivity contribution in [3.05, 3.63) is 11.4 Å². The Morgan fingerprint density at radius 2 is 2.17 bits per heavy atom. The van der Waals surface area contributed by atoms with E-state index in [-0.39, 0.29) is 19.0 Å². The van der Waals surface area contributed by atoms with E-state index in [0.717, 1.165) is 5.56 Å². The van der Waals surface area contributed by atoms with Gasteiger partial charge in [-0.3, -0.25) is 4.79 Å². The number of ether oxygens (including phenoxy) is 1. The van der Waals surface area contributed by atoms with E-state index in [9.17, 15) is 4.79 Å². The molecule has 2 N–H and O–H groups in total. The lowest BCUT2D eigenvalue weighted by Gasteiger charge is -2.11. The lowest BCUT2D eigenvalue weighted by molar-refractivity contribution is -0.119. The first-order chi connectivity index (χ1) is 8.58. The molecule has 1 aromatic rings. The van der Waals surface area contributed by atoms with E-state index < -0.39 is 0 Å². The SMILES string of the molecule is C#CCNC(=O)CNc1nc(C)nc(OC)c1C. The Kier molecular flexibility index (Phi) is 4.93. The maximum Gasteiger partial charge on any atom is 0.240 e. The summed E-state index contributed by atoms with van der Waals surface area (Å²) < 4.78 is 5.12. The minimum absolute atomic E-state index is 0.0993. The summed E-state index contributed by atoms with van der Waals surface area (Å²) in [6.45, 7) is 3.89. The topological polar surface area (TPSA) is 76.1 Å². The summed E-state index contributed by atoms with van der Waals surface area (Å²) in [6, 6.07) is 0. The first kappa shape index (κ1) is 13.8. The molecule has 0 aliphatic heterocycles. The van der Waals surface area contributed by atoms with E-state index >= 15 is 0 Å². The number of anilines is 1. The molecule has 1 amide bonds. The van der Waals surface area contributed by atoms with Crippen LogP contribution in [0.3, 0.4) is 0 Å². The smallest absolute Gasteiger partial charge is 0.240 e. The number of nitrogens with zero attached hydrogens (tertiary/aromatic N) is 2. The van der Waals surface area contributed by atoms with Gasteiger partial charge in [-0.05, 0) is 13.8 Å². The monoisotopic (exact) mass is 248 g/mol. The minimum Gasteiger partial charge on any atom is -0.481 e. The number of methoxy groups -OCH3 is 1. The van der Waals surface area contributed by atoms with Crippen LogP contribution in [-0.2, 0) is 4.79 Å². The number of carbonyl (C=O) groups is 1. The number of amides is 1. The molecule has 0 fully saturated rings. The van der Waals surface area contributed by atoms with Gasteiger partial charge < -0.3 is 15.4 Å². The number of aryl methyl sites for hydroxylation is 1. The Morgan fingerprint density at radius 1 is 1.44 bits per heavy atom. The van der Waals surface area contributed by atoms with Crippen molar-refractivity contribution in [3.8, 4) is 18.2 Å². The zero-order valence-corrected chi connectivity index (χ0v) is 10.7. The normalized spacial score (nSPS) is 9.44. The molecule has 0 saturated heterocycles. The van der Waals surface area contributed by atoms with Gasteiger partial charge >= 0.3 is 0 Å². The van der Waals surface area contributed by atoms with Crippen molar-refractivity contribution in [2.45, 2.75) is 13.8 Å². The summed E-state index contributed by atoms with van der Waals surface area (Å²) in [5.74, 6) is 3.78. The molecule has 0 spiro atoms. The van der Waals surface area contributed by atoms with Gasteiger partial charge in [0.2, 0.25) is 11.8 Å². The molecule has 96 valence electrons. The van der Waals surface area contributed by atoms with E-state index in [2.05, 4.69) is 26.5 Å². The van der Waals surface area contributed by atoms with Gasteiger partial charge in [0.05, 0.1) is 25.8 Å². The van der Waals surface area contributed by atoms with Gasteiger partial charge in [0.25, 0.3) is 0 Å². The number of hydrogen-bond donors (Lipinski definition) is 2. The molecular weight excluding hydrogens is 232 g/mol. The first-order valence-electron chi connectivity index (χ1n) is 5.41. The minimum atomic E-state index is -0.192. The van der Waals surface area contributed by atoms with Crippen LogP contribution in [0.1, 0.15) is 11.4 Å². The molecule has 0 aliphatic carbocycles.